The highest BCUT2D eigenvalue weighted by Crippen LogP contribution is 2.26. The summed E-state index contributed by atoms with van der Waals surface area (Å²) in [6.07, 6.45) is 2.86. The summed E-state index contributed by atoms with van der Waals surface area (Å²) in [5.41, 5.74) is 2.12. The number of hydrogen-bond acceptors (Lipinski definition) is 5. The van der Waals surface area contributed by atoms with E-state index in [0.717, 1.165) is 24.8 Å². The number of aromatic nitrogens is 2. The molecule has 8 heteroatoms. The lowest BCUT2D eigenvalue weighted by molar-refractivity contribution is 0.268. The zero-order chi connectivity index (χ0) is 21.1. The van der Waals surface area contributed by atoms with Gasteiger partial charge in [0.05, 0.1) is 10.6 Å². The highest BCUT2D eigenvalue weighted by Gasteiger charge is 2.30. The molecular weight excluding hydrogens is 403 g/mol. The van der Waals surface area contributed by atoms with Crippen LogP contribution in [0.5, 0.6) is 0 Å². The van der Waals surface area contributed by atoms with Crippen LogP contribution in [0.2, 0.25) is 0 Å². The molecule has 1 aromatic heterocycles. The number of nitrogens with one attached hydrogen (secondary N) is 1. The molecule has 1 N–H and O–H groups in total. The van der Waals surface area contributed by atoms with Gasteiger partial charge < -0.3 is 5.32 Å². The quantitative estimate of drug-likeness (QED) is 0.646. The van der Waals surface area contributed by atoms with E-state index in [2.05, 4.69) is 15.5 Å². The molecule has 0 amide bonds. The van der Waals surface area contributed by atoms with Gasteiger partial charge in [-0.3, -0.25) is 0 Å². The zero-order valence-corrected chi connectivity index (χ0v) is 17.4. The van der Waals surface area contributed by atoms with Gasteiger partial charge in [-0.25, -0.2) is 12.8 Å². The summed E-state index contributed by atoms with van der Waals surface area (Å²) < 4.78 is 40.5. The molecule has 156 valence electrons. The van der Waals surface area contributed by atoms with Crippen molar-refractivity contribution in [1.29, 1.82) is 0 Å². The van der Waals surface area contributed by atoms with Crippen LogP contribution in [0.25, 0.3) is 11.3 Å². The zero-order valence-electron chi connectivity index (χ0n) is 16.6. The summed E-state index contributed by atoms with van der Waals surface area (Å²) >= 11 is 0. The molecular formula is C22H23FN4O2S. The van der Waals surface area contributed by atoms with Gasteiger partial charge in [-0.2, -0.15) is 4.31 Å². The molecule has 1 aliphatic rings. The third-order valence-electron chi connectivity index (χ3n) is 5.28. The Balaban J connectivity index is 1.46. The van der Waals surface area contributed by atoms with Crippen LogP contribution in [-0.4, -0.2) is 35.5 Å². The minimum atomic E-state index is -3.49. The van der Waals surface area contributed by atoms with Gasteiger partial charge in [0.2, 0.25) is 10.0 Å². The van der Waals surface area contributed by atoms with Crippen molar-refractivity contribution in [2.75, 3.05) is 11.9 Å². The van der Waals surface area contributed by atoms with E-state index < -0.39 is 10.0 Å². The molecule has 1 atom stereocenters. The predicted molar refractivity (Wildman–Crippen MR) is 114 cm³/mol. The molecule has 2 aromatic carbocycles. The summed E-state index contributed by atoms with van der Waals surface area (Å²) in [5.74, 6) is 0.228. The van der Waals surface area contributed by atoms with Crippen molar-refractivity contribution in [3.63, 3.8) is 0 Å². The summed E-state index contributed by atoms with van der Waals surface area (Å²) in [4.78, 5) is 0.291. The van der Waals surface area contributed by atoms with E-state index in [1.165, 1.54) is 12.1 Å². The SMILES string of the molecule is CC1CCCCN1S(=O)(=O)c1ccc(Nc2ccc(-c3ccc(F)cc3)nn2)cc1. The summed E-state index contributed by atoms with van der Waals surface area (Å²) in [5, 5.41) is 11.4. The smallest absolute Gasteiger partial charge is 0.243 e. The van der Waals surface area contributed by atoms with Crippen molar-refractivity contribution in [2.24, 2.45) is 0 Å². The Hall–Kier alpha value is -2.84. The fraction of sp³-hybridized carbons (Fsp3) is 0.273. The lowest BCUT2D eigenvalue weighted by Crippen LogP contribution is -2.41. The fourth-order valence-corrected chi connectivity index (χ4v) is 5.30. The first-order valence-electron chi connectivity index (χ1n) is 9.92. The number of sulfonamides is 1. The molecule has 4 rings (SSSR count). The van der Waals surface area contributed by atoms with Crippen LogP contribution in [0.4, 0.5) is 15.9 Å². The van der Waals surface area contributed by atoms with Crippen LogP contribution in [0.1, 0.15) is 26.2 Å². The second-order valence-electron chi connectivity index (χ2n) is 7.42. The van der Waals surface area contributed by atoms with Crippen LogP contribution in [0.15, 0.2) is 65.6 Å². The Morgan fingerprint density at radius 3 is 2.33 bits per heavy atom. The van der Waals surface area contributed by atoms with Gasteiger partial charge in [0.1, 0.15) is 5.82 Å². The molecule has 6 nitrogen and oxygen atoms in total. The topological polar surface area (TPSA) is 75.2 Å². The second kappa shape index (κ2) is 8.49. The van der Waals surface area contributed by atoms with Crippen LogP contribution in [-0.2, 0) is 10.0 Å². The number of nitrogens with zero attached hydrogens (tertiary/aromatic N) is 3. The number of benzene rings is 2. The van der Waals surface area contributed by atoms with Gasteiger partial charge in [0.15, 0.2) is 5.82 Å². The standard InChI is InChI=1S/C22H23FN4O2S/c1-16-4-2-3-15-27(16)30(28,29)20-11-9-19(10-12-20)24-22-14-13-21(25-26-22)17-5-7-18(23)8-6-17/h5-14,16H,2-4,15H2,1H3,(H,24,26). The van der Waals surface area contributed by atoms with Crippen molar-refractivity contribution in [1.82, 2.24) is 14.5 Å². The van der Waals surface area contributed by atoms with E-state index in [4.69, 9.17) is 0 Å². The van der Waals surface area contributed by atoms with Gasteiger partial charge in [-0.1, -0.05) is 6.42 Å². The van der Waals surface area contributed by atoms with Crippen molar-refractivity contribution in [3.8, 4) is 11.3 Å². The minimum absolute atomic E-state index is 0.0245. The average Bonchev–Trinajstić information content (AvgIpc) is 2.75. The first kappa shape index (κ1) is 20.4. The molecule has 0 aliphatic carbocycles. The maximum Gasteiger partial charge on any atom is 0.243 e. The van der Waals surface area contributed by atoms with E-state index in [1.807, 2.05) is 6.92 Å². The van der Waals surface area contributed by atoms with Crippen molar-refractivity contribution < 1.29 is 12.8 Å². The Bertz CT molecular complexity index is 1100. The first-order valence-corrected chi connectivity index (χ1v) is 11.4. The molecule has 3 aromatic rings. The molecule has 2 heterocycles. The average molecular weight is 427 g/mol. The molecule has 30 heavy (non-hydrogen) atoms. The Kier molecular flexibility index (Phi) is 5.78. The molecule has 1 saturated heterocycles. The Morgan fingerprint density at radius 1 is 0.967 bits per heavy atom. The lowest BCUT2D eigenvalue weighted by Gasteiger charge is -2.32. The van der Waals surface area contributed by atoms with E-state index >= 15 is 0 Å². The van der Waals surface area contributed by atoms with Crippen molar-refractivity contribution in [2.45, 2.75) is 37.1 Å². The number of hydrogen-bond donors (Lipinski definition) is 1. The van der Waals surface area contributed by atoms with E-state index in [-0.39, 0.29) is 11.9 Å². The maximum atomic E-state index is 13.0. The summed E-state index contributed by atoms with van der Waals surface area (Å²) in [6, 6.07) is 16.3. The lowest BCUT2D eigenvalue weighted by atomic mass is 10.1. The molecule has 1 unspecified atom stereocenters. The van der Waals surface area contributed by atoms with E-state index in [9.17, 15) is 12.8 Å². The summed E-state index contributed by atoms with van der Waals surface area (Å²) in [6.45, 7) is 2.53. The highest BCUT2D eigenvalue weighted by molar-refractivity contribution is 7.89. The van der Waals surface area contributed by atoms with Crippen LogP contribution in [0, 0.1) is 5.82 Å². The molecule has 0 bridgehead atoms. The minimum Gasteiger partial charge on any atom is -0.339 e. The van der Waals surface area contributed by atoms with E-state index in [0.29, 0.717) is 28.6 Å². The monoisotopic (exact) mass is 426 g/mol. The van der Waals surface area contributed by atoms with E-state index in [1.54, 1.807) is 52.8 Å². The van der Waals surface area contributed by atoms with Crippen LogP contribution >= 0.6 is 0 Å². The van der Waals surface area contributed by atoms with Gasteiger partial charge in [0.25, 0.3) is 0 Å². The Morgan fingerprint density at radius 2 is 1.70 bits per heavy atom. The summed E-state index contributed by atoms with van der Waals surface area (Å²) in [7, 11) is -3.49. The third kappa shape index (κ3) is 4.34. The van der Waals surface area contributed by atoms with Gasteiger partial charge in [0, 0.05) is 23.8 Å². The molecule has 0 spiro atoms. The van der Waals surface area contributed by atoms with Crippen molar-refractivity contribution in [3.05, 3.63) is 66.5 Å². The molecule has 1 aliphatic heterocycles. The second-order valence-corrected chi connectivity index (χ2v) is 9.31. The third-order valence-corrected chi connectivity index (χ3v) is 7.31. The first-order chi connectivity index (χ1) is 14.4. The molecule has 1 fully saturated rings. The van der Waals surface area contributed by atoms with Crippen LogP contribution < -0.4 is 5.32 Å². The number of halogens is 1. The molecule has 0 saturated carbocycles. The van der Waals surface area contributed by atoms with Gasteiger partial charge >= 0.3 is 0 Å². The highest BCUT2D eigenvalue weighted by atomic mass is 32.2. The fourth-order valence-electron chi connectivity index (χ4n) is 3.60. The Labute approximate surface area is 175 Å². The predicted octanol–water partition coefficient (Wildman–Crippen LogP) is 4.59. The maximum absolute atomic E-state index is 13.0. The largest absolute Gasteiger partial charge is 0.339 e. The van der Waals surface area contributed by atoms with Crippen molar-refractivity contribution >= 4 is 21.5 Å². The van der Waals surface area contributed by atoms with Gasteiger partial charge in [-0.05, 0) is 80.4 Å². The molecule has 0 radical (unpaired) electrons. The van der Waals surface area contributed by atoms with Gasteiger partial charge in [-0.15, -0.1) is 10.2 Å². The van der Waals surface area contributed by atoms with Crippen LogP contribution in [0.3, 0.4) is 0 Å². The number of anilines is 2. The number of rotatable bonds is 5. The number of piperidine rings is 1. The normalized spacial score (nSPS) is 17.6.